The van der Waals surface area contributed by atoms with Gasteiger partial charge in [0.2, 0.25) is 5.91 Å². The van der Waals surface area contributed by atoms with Gasteiger partial charge in [0.25, 0.3) is 0 Å². The number of allylic oxidation sites excluding steroid dienone is 21. The maximum Gasteiger partial charge on any atom is 0.220 e. The Morgan fingerprint density at radius 1 is 0.363 bits per heavy atom. The predicted molar refractivity (Wildman–Crippen MR) is 406 cm³/mol. The summed E-state index contributed by atoms with van der Waals surface area (Å²) in [5, 5.41) is 121. The number of nitrogens with one attached hydrogen (secondary N) is 1. The molecule has 3 fully saturated rings. The highest BCUT2D eigenvalue weighted by atomic mass is 16.8. The molecule has 0 saturated carbocycles. The van der Waals surface area contributed by atoms with E-state index in [1.54, 1.807) is 6.08 Å². The lowest BCUT2D eigenvalue weighted by atomic mass is 9.96. The van der Waals surface area contributed by atoms with Crippen LogP contribution in [-0.4, -0.2) is 193 Å². The van der Waals surface area contributed by atoms with E-state index in [0.29, 0.717) is 12.8 Å². The molecule has 3 rings (SSSR count). The molecule has 3 aliphatic rings. The summed E-state index contributed by atoms with van der Waals surface area (Å²) >= 11 is 0. The van der Waals surface area contributed by atoms with Crippen LogP contribution in [0.3, 0.4) is 0 Å². The minimum atomic E-state index is -1.99. The van der Waals surface area contributed by atoms with Crippen LogP contribution in [-0.2, 0) is 33.2 Å². The van der Waals surface area contributed by atoms with Gasteiger partial charge in [-0.15, -0.1) is 0 Å². The fraction of sp³-hybridized carbons (Fsp3) is 0.723. The maximum atomic E-state index is 13.5. The van der Waals surface area contributed by atoms with E-state index in [4.69, 9.17) is 28.4 Å². The van der Waals surface area contributed by atoms with Crippen LogP contribution in [0.4, 0.5) is 0 Å². The smallest absolute Gasteiger partial charge is 0.220 e. The Morgan fingerprint density at radius 3 is 1.10 bits per heavy atom. The Labute approximate surface area is 613 Å². The number of unbranched alkanes of at least 4 members (excludes halogenated alkanes) is 24. The quantitative estimate of drug-likeness (QED) is 0.0199. The van der Waals surface area contributed by atoms with Gasteiger partial charge in [0.05, 0.1) is 38.6 Å². The van der Waals surface area contributed by atoms with E-state index in [9.17, 15) is 61.0 Å². The summed E-state index contributed by atoms with van der Waals surface area (Å²) in [5.74, 6) is -0.294. The van der Waals surface area contributed by atoms with Crippen molar-refractivity contribution in [1.82, 2.24) is 5.32 Å². The highest BCUT2D eigenvalue weighted by molar-refractivity contribution is 5.76. The van der Waals surface area contributed by atoms with Crippen molar-refractivity contribution in [2.24, 2.45) is 0 Å². The SMILES string of the molecule is CC/C=C\C/C=C\C/C=C\C/C=C\C/C=C\C/C=C\C/C=C\C/C=C\CCCCCCCCCCCCCCCCC(=O)NC(COC1OC(CO)C(OC2OC(CO)C(OC3OC(CO)C(O)C(O)C3O)C(O)C2O)C(O)C1O)C(O)/C=C/CC/C=C/CC/C=C/CCCCCCCCCC. The van der Waals surface area contributed by atoms with Crippen molar-refractivity contribution in [2.75, 3.05) is 26.4 Å². The number of hydrogen-bond donors (Lipinski definition) is 12. The van der Waals surface area contributed by atoms with E-state index in [1.807, 2.05) is 6.08 Å². The molecule has 102 heavy (non-hydrogen) atoms. The fourth-order valence-corrected chi connectivity index (χ4v) is 12.4. The van der Waals surface area contributed by atoms with Crippen molar-refractivity contribution < 1.29 is 89.4 Å². The van der Waals surface area contributed by atoms with Gasteiger partial charge in [0, 0.05) is 6.42 Å². The molecule has 19 heteroatoms. The first kappa shape index (κ1) is 92.1. The molecule has 1 amide bonds. The molecule has 17 unspecified atom stereocenters. The summed E-state index contributed by atoms with van der Waals surface area (Å²) in [7, 11) is 0. The topological polar surface area (TPSA) is 307 Å². The number of aliphatic hydroxyl groups excluding tert-OH is 11. The number of amides is 1. The molecule has 12 N–H and O–H groups in total. The van der Waals surface area contributed by atoms with Gasteiger partial charge in [-0.1, -0.05) is 270 Å². The summed E-state index contributed by atoms with van der Waals surface area (Å²) in [6.45, 7) is 1.58. The molecule has 0 aliphatic carbocycles. The number of carbonyl (C=O) groups is 1. The summed E-state index contributed by atoms with van der Waals surface area (Å²) in [6, 6.07) is -1.01. The second kappa shape index (κ2) is 62.0. The summed E-state index contributed by atoms with van der Waals surface area (Å²) in [4.78, 5) is 13.5. The van der Waals surface area contributed by atoms with E-state index in [1.165, 1.54) is 109 Å². The zero-order valence-corrected chi connectivity index (χ0v) is 62.3. The zero-order valence-electron chi connectivity index (χ0n) is 62.3. The molecule has 19 nitrogen and oxygen atoms in total. The number of aliphatic hydroxyl groups is 11. The van der Waals surface area contributed by atoms with Crippen LogP contribution in [0.25, 0.3) is 0 Å². The average molecular weight is 1440 g/mol. The third kappa shape index (κ3) is 41.7. The highest BCUT2D eigenvalue weighted by Gasteiger charge is 2.53. The van der Waals surface area contributed by atoms with Crippen molar-refractivity contribution in [3.8, 4) is 0 Å². The lowest BCUT2D eigenvalue weighted by Crippen LogP contribution is -2.66. The summed E-state index contributed by atoms with van der Waals surface area (Å²) < 4.78 is 34.4. The fourth-order valence-electron chi connectivity index (χ4n) is 12.4. The number of ether oxygens (including phenoxy) is 6. The lowest BCUT2D eigenvalue weighted by molar-refractivity contribution is -0.379. The van der Waals surface area contributed by atoms with E-state index in [0.717, 1.165) is 109 Å². The number of hydrogen-bond acceptors (Lipinski definition) is 18. The molecule has 0 spiro atoms. The van der Waals surface area contributed by atoms with Crippen LogP contribution in [0.5, 0.6) is 0 Å². The Hall–Kier alpha value is -4.07. The highest BCUT2D eigenvalue weighted by Crippen LogP contribution is 2.33. The number of carbonyl (C=O) groups excluding carboxylic acids is 1. The molecule has 3 heterocycles. The van der Waals surface area contributed by atoms with Gasteiger partial charge < -0.3 is 89.9 Å². The van der Waals surface area contributed by atoms with Crippen LogP contribution in [0.2, 0.25) is 0 Å². The largest absolute Gasteiger partial charge is 0.394 e. The average Bonchev–Trinajstić information content (AvgIpc) is 0.781. The molecule has 0 aromatic rings. The standard InChI is InChI=1S/C83H139NO18/c1-3-5-7-9-11-13-15-17-19-21-23-24-25-26-27-28-29-30-31-32-33-34-35-36-37-38-39-40-41-42-43-45-47-49-51-53-55-57-59-61-71(89)84-66(67(88)60-58-56-54-52-50-48-46-44-22-20-18-16-14-12-10-8-6-4-2)65-97-81-77(95)74(92)79(69(63-86)99-81)102-83-78(96)75(93)80(70(64-87)100-83)101-82-76(94)73(91)72(90)68(62-85)98-82/h5,7,11,13,17,19,22-24,26-27,29-30,32-33,35-36,44,50,52,58,60,66-70,72-83,85-88,90-96H,3-4,6,8-10,12,14-16,18,20-21,25,28,31,34,37-43,45-49,51,53-57,59,61-65H2,1-2H3,(H,84,89)/b7-5-,13-11-,19-17-,24-23-,27-26-,30-29-,33-32-,36-35-,44-22+,52-50+,60-58+. The van der Waals surface area contributed by atoms with Crippen LogP contribution in [0.15, 0.2) is 134 Å². The third-order valence-corrected chi connectivity index (χ3v) is 18.7. The molecule has 584 valence electrons. The Morgan fingerprint density at radius 2 is 0.686 bits per heavy atom. The van der Waals surface area contributed by atoms with Crippen molar-refractivity contribution in [3.63, 3.8) is 0 Å². The molecular formula is C83H139NO18. The molecule has 3 saturated heterocycles. The molecule has 0 aromatic heterocycles. The lowest BCUT2D eigenvalue weighted by Gasteiger charge is -2.48. The van der Waals surface area contributed by atoms with E-state index < -0.39 is 124 Å². The van der Waals surface area contributed by atoms with Crippen molar-refractivity contribution in [1.29, 1.82) is 0 Å². The predicted octanol–water partition coefficient (Wildman–Crippen LogP) is 12.9. The van der Waals surface area contributed by atoms with Crippen molar-refractivity contribution in [3.05, 3.63) is 134 Å². The van der Waals surface area contributed by atoms with Crippen molar-refractivity contribution >= 4 is 5.91 Å². The van der Waals surface area contributed by atoms with E-state index >= 15 is 0 Å². The molecule has 17 atom stereocenters. The molecule has 0 radical (unpaired) electrons. The van der Waals surface area contributed by atoms with Crippen LogP contribution >= 0.6 is 0 Å². The minimum Gasteiger partial charge on any atom is -0.394 e. The molecule has 3 aliphatic heterocycles. The van der Waals surface area contributed by atoms with Gasteiger partial charge in [-0.2, -0.15) is 0 Å². The van der Waals surface area contributed by atoms with E-state index in [2.05, 4.69) is 141 Å². The number of rotatable bonds is 60. The monoisotopic (exact) mass is 1440 g/mol. The first-order valence-corrected chi connectivity index (χ1v) is 39.4. The van der Waals surface area contributed by atoms with Crippen LogP contribution in [0.1, 0.15) is 251 Å². The first-order chi connectivity index (χ1) is 49.8. The summed E-state index contributed by atoms with van der Waals surface area (Å²) in [6.07, 6.45) is 61.5. The maximum absolute atomic E-state index is 13.5. The van der Waals surface area contributed by atoms with Gasteiger partial charge in [-0.3, -0.25) is 4.79 Å². The first-order valence-electron chi connectivity index (χ1n) is 39.4. The van der Waals surface area contributed by atoms with E-state index in [-0.39, 0.29) is 18.9 Å². The summed E-state index contributed by atoms with van der Waals surface area (Å²) in [5.41, 5.74) is 0. The van der Waals surface area contributed by atoms with Crippen LogP contribution in [0, 0.1) is 0 Å². The van der Waals surface area contributed by atoms with Crippen molar-refractivity contribution in [2.45, 2.75) is 356 Å². The van der Waals surface area contributed by atoms with Crippen LogP contribution < -0.4 is 5.32 Å². The van der Waals surface area contributed by atoms with Gasteiger partial charge in [-0.25, -0.2) is 0 Å². The third-order valence-electron chi connectivity index (χ3n) is 18.7. The zero-order chi connectivity index (χ0) is 73.9. The second-order valence-corrected chi connectivity index (χ2v) is 27.4. The van der Waals surface area contributed by atoms with Gasteiger partial charge in [0.1, 0.15) is 73.2 Å². The molecular weight excluding hydrogens is 1300 g/mol. The van der Waals surface area contributed by atoms with Gasteiger partial charge in [-0.05, 0) is 109 Å². The van der Waals surface area contributed by atoms with Gasteiger partial charge in [0.15, 0.2) is 18.9 Å². The second-order valence-electron chi connectivity index (χ2n) is 27.4. The normalized spacial score (nSPS) is 26.9. The van der Waals surface area contributed by atoms with Gasteiger partial charge >= 0.3 is 0 Å². The molecule has 0 aromatic carbocycles. The Balaban J connectivity index is 1.35. The Bertz CT molecular complexity index is 2370. The Kier molecular flexibility index (Phi) is 56.0. The molecule has 0 bridgehead atoms. The minimum absolute atomic E-state index is 0.224.